The van der Waals surface area contributed by atoms with Crippen LogP contribution in [-0.2, 0) is 0 Å². The lowest BCUT2D eigenvalue weighted by molar-refractivity contribution is 1.47. The smallest absolute Gasteiger partial charge is 0.126 e. The zero-order chi connectivity index (χ0) is 10.6. The molecule has 1 aromatic rings. The molecule has 0 saturated carbocycles. The van der Waals surface area contributed by atoms with Gasteiger partial charge in [-0.1, -0.05) is 11.8 Å². The minimum absolute atomic E-state index is 0.478. The molecule has 0 spiro atoms. The third-order valence-corrected chi connectivity index (χ3v) is 2.60. The molecule has 0 amide bonds. The lowest BCUT2D eigenvalue weighted by Crippen LogP contribution is -1.93. The van der Waals surface area contributed by atoms with E-state index in [-0.39, 0.29) is 0 Å². The van der Waals surface area contributed by atoms with E-state index in [9.17, 15) is 0 Å². The van der Waals surface area contributed by atoms with Crippen molar-refractivity contribution in [2.75, 3.05) is 11.5 Å². The fourth-order valence-corrected chi connectivity index (χ4v) is 1.86. The van der Waals surface area contributed by atoms with Crippen LogP contribution < -0.4 is 11.5 Å². The SMILES string of the molecule is Nc1ccc(SC=CC(Cl)Cl)cc1N. The number of alkyl halides is 2. The highest BCUT2D eigenvalue weighted by Crippen LogP contribution is 2.25. The maximum Gasteiger partial charge on any atom is 0.126 e. The summed E-state index contributed by atoms with van der Waals surface area (Å²) < 4.78 is 0. The van der Waals surface area contributed by atoms with Crippen LogP contribution in [0, 0.1) is 0 Å². The summed E-state index contributed by atoms with van der Waals surface area (Å²) in [5.74, 6) is 0. The highest BCUT2D eigenvalue weighted by atomic mass is 35.5. The van der Waals surface area contributed by atoms with Crippen LogP contribution in [0.1, 0.15) is 0 Å². The largest absolute Gasteiger partial charge is 0.397 e. The highest BCUT2D eigenvalue weighted by Gasteiger charge is 1.96. The first kappa shape index (κ1) is 11.6. The number of nitrogen functional groups attached to an aromatic ring is 2. The molecule has 76 valence electrons. The minimum Gasteiger partial charge on any atom is -0.397 e. The van der Waals surface area contributed by atoms with E-state index in [0.717, 1.165) is 4.90 Å². The van der Waals surface area contributed by atoms with Crippen molar-refractivity contribution in [3.05, 3.63) is 29.7 Å². The van der Waals surface area contributed by atoms with Crippen LogP contribution in [0.4, 0.5) is 11.4 Å². The number of anilines is 2. The lowest BCUT2D eigenvalue weighted by atomic mass is 10.3. The summed E-state index contributed by atoms with van der Waals surface area (Å²) in [6.45, 7) is 0. The highest BCUT2D eigenvalue weighted by molar-refractivity contribution is 8.02. The van der Waals surface area contributed by atoms with Gasteiger partial charge in [-0.25, -0.2) is 0 Å². The lowest BCUT2D eigenvalue weighted by Gasteiger charge is -2.01. The van der Waals surface area contributed by atoms with E-state index in [4.69, 9.17) is 34.7 Å². The molecule has 0 atom stereocenters. The van der Waals surface area contributed by atoms with Gasteiger partial charge in [0.05, 0.1) is 11.4 Å². The van der Waals surface area contributed by atoms with Gasteiger partial charge >= 0.3 is 0 Å². The Morgan fingerprint density at radius 2 is 1.93 bits per heavy atom. The van der Waals surface area contributed by atoms with E-state index in [1.54, 1.807) is 12.1 Å². The molecule has 0 aromatic heterocycles. The first-order valence-corrected chi connectivity index (χ1v) is 5.61. The summed E-state index contributed by atoms with van der Waals surface area (Å²) in [5.41, 5.74) is 12.4. The van der Waals surface area contributed by atoms with Gasteiger partial charge in [0, 0.05) is 4.90 Å². The molecular weight excluding hydrogens is 239 g/mol. The molecule has 14 heavy (non-hydrogen) atoms. The maximum atomic E-state index is 5.64. The second-order valence-electron chi connectivity index (χ2n) is 2.57. The van der Waals surface area contributed by atoms with E-state index in [0.29, 0.717) is 11.4 Å². The molecule has 2 nitrogen and oxygen atoms in total. The van der Waals surface area contributed by atoms with Crippen molar-refractivity contribution in [1.29, 1.82) is 0 Å². The number of halogens is 2. The van der Waals surface area contributed by atoms with Crippen LogP contribution in [-0.4, -0.2) is 4.84 Å². The molecule has 1 aromatic carbocycles. The van der Waals surface area contributed by atoms with Crippen molar-refractivity contribution in [1.82, 2.24) is 0 Å². The van der Waals surface area contributed by atoms with Crippen molar-refractivity contribution in [2.24, 2.45) is 0 Å². The third-order valence-electron chi connectivity index (χ3n) is 1.49. The number of thioether (sulfide) groups is 1. The molecular formula is C9H10Cl2N2S. The summed E-state index contributed by atoms with van der Waals surface area (Å²) in [4.78, 5) is 0.524. The topological polar surface area (TPSA) is 52.0 Å². The molecule has 4 N–H and O–H groups in total. The summed E-state index contributed by atoms with van der Waals surface area (Å²) in [7, 11) is 0. The van der Waals surface area contributed by atoms with E-state index in [2.05, 4.69) is 0 Å². The number of nitrogens with two attached hydrogens (primary N) is 2. The van der Waals surface area contributed by atoms with Crippen LogP contribution >= 0.6 is 35.0 Å². The Morgan fingerprint density at radius 3 is 2.50 bits per heavy atom. The number of hydrogen-bond acceptors (Lipinski definition) is 3. The Morgan fingerprint density at radius 1 is 1.21 bits per heavy atom. The first-order chi connectivity index (χ1) is 6.59. The van der Waals surface area contributed by atoms with Gasteiger partial charge in [-0.15, -0.1) is 23.2 Å². The van der Waals surface area contributed by atoms with Gasteiger partial charge in [-0.05, 0) is 29.7 Å². The molecule has 0 unspecified atom stereocenters. The maximum absolute atomic E-state index is 5.64. The molecule has 0 fully saturated rings. The molecule has 0 saturated heterocycles. The Labute approximate surface area is 97.2 Å². The van der Waals surface area contributed by atoms with Crippen molar-refractivity contribution in [2.45, 2.75) is 9.73 Å². The van der Waals surface area contributed by atoms with Crippen LogP contribution in [0.15, 0.2) is 34.6 Å². The van der Waals surface area contributed by atoms with E-state index in [1.165, 1.54) is 11.8 Å². The number of rotatable bonds is 3. The van der Waals surface area contributed by atoms with Crippen molar-refractivity contribution >= 4 is 46.3 Å². The predicted molar refractivity (Wildman–Crippen MR) is 65.8 cm³/mol. The fourth-order valence-electron chi connectivity index (χ4n) is 0.803. The Kier molecular flexibility index (Phi) is 4.45. The normalized spacial score (nSPS) is 11.4. The zero-order valence-corrected chi connectivity index (χ0v) is 9.61. The summed E-state index contributed by atoms with van der Waals surface area (Å²) in [6.07, 6.45) is 1.68. The van der Waals surface area contributed by atoms with Gasteiger partial charge in [0.1, 0.15) is 4.84 Å². The second-order valence-corrected chi connectivity index (χ2v) is 4.71. The predicted octanol–water partition coefficient (Wildman–Crippen LogP) is 3.26. The number of hydrogen-bond donors (Lipinski definition) is 2. The second kappa shape index (κ2) is 5.39. The fraction of sp³-hybridized carbons (Fsp3) is 0.111. The Bertz CT molecular complexity index is 340. The van der Waals surface area contributed by atoms with Crippen LogP contribution in [0.5, 0.6) is 0 Å². The number of benzene rings is 1. The van der Waals surface area contributed by atoms with Crippen LogP contribution in [0.25, 0.3) is 0 Å². The van der Waals surface area contributed by atoms with Gasteiger partial charge in [0.25, 0.3) is 0 Å². The van der Waals surface area contributed by atoms with Crippen LogP contribution in [0.2, 0.25) is 0 Å². The van der Waals surface area contributed by atoms with Crippen LogP contribution in [0.3, 0.4) is 0 Å². The number of allylic oxidation sites excluding steroid dienone is 1. The molecule has 0 aliphatic heterocycles. The molecule has 0 radical (unpaired) electrons. The van der Waals surface area contributed by atoms with Crippen molar-refractivity contribution in [3.8, 4) is 0 Å². The Hall–Kier alpha value is -0.510. The molecule has 0 aliphatic rings. The van der Waals surface area contributed by atoms with Gasteiger partial charge in [-0.2, -0.15) is 0 Å². The average molecular weight is 249 g/mol. The van der Waals surface area contributed by atoms with Crippen molar-refractivity contribution in [3.63, 3.8) is 0 Å². The summed E-state index contributed by atoms with van der Waals surface area (Å²) in [5, 5.41) is 1.82. The van der Waals surface area contributed by atoms with Crippen molar-refractivity contribution < 1.29 is 0 Å². The zero-order valence-electron chi connectivity index (χ0n) is 7.28. The molecule has 5 heteroatoms. The van der Waals surface area contributed by atoms with E-state index < -0.39 is 4.84 Å². The summed E-state index contributed by atoms with van der Waals surface area (Å²) >= 11 is 12.5. The van der Waals surface area contributed by atoms with E-state index >= 15 is 0 Å². The van der Waals surface area contributed by atoms with Gasteiger partial charge < -0.3 is 11.5 Å². The Balaban J connectivity index is 2.64. The average Bonchev–Trinajstić information content (AvgIpc) is 2.10. The molecule has 1 rings (SSSR count). The van der Waals surface area contributed by atoms with Gasteiger partial charge in [0.2, 0.25) is 0 Å². The minimum atomic E-state index is -0.478. The van der Waals surface area contributed by atoms with Gasteiger partial charge in [0.15, 0.2) is 0 Å². The molecule has 0 aliphatic carbocycles. The molecule has 0 heterocycles. The third kappa shape index (κ3) is 3.70. The van der Waals surface area contributed by atoms with E-state index in [1.807, 2.05) is 17.5 Å². The monoisotopic (exact) mass is 248 g/mol. The van der Waals surface area contributed by atoms with Gasteiger partial charge in [-0.3, -0.25) is 0 Å². The molecule has 0 bridgehead atoms. The summed E-state index contributed by atoms with van der Waals surface area (Å²) in [6, 6.07) is 5.46. The quantitative estimate of drug-likeness (QED) is 0.491. The first-order valence-electron chi connectivity index (χ1n) is 3.86. The standard InChI is InChI=1S/C9H10Cl2N2S/c10-9(11)3-4-14-6-1-2-7(12)8(13)5-6/h1-5,9H,12-13H2.